The lowest BCUT2D eigenvalue weighted by atomic mass is 10.1. The average molecular weight is 461 g/mol. The van der Waals surface area contributed by atoms with Crippen molar-refractivity contribution in [2.75, 3.05) is 11.9 Å². The van der Waals surface area contributed by atoms with Gasteiger partial charge in [-0.3, -0.25) is 14.6 Å². The van der Waals surface area contributed by atoms with Crippen LogP contribution in [0.15, 0.2) is 41.6 Å². The summed E-state index contributed by atoms with van der Waals surface area (Å²) in [4.78, 5) is 38.8. The van der Waals surface area contributed by atoms with Crippen LogP contribution in [0.2, 0.25) is 0 Å². The highest BCUT2D eigenvalue weighted by atomic mass is 19.4. The molecule has 0 saturated heterocycles. The van der Waals surface area contributed by atoms with Crippen LogP contribution in [0.5, 0.6) is 5.75 Å². The van der Waals surface area contributed by atoms with Crippen LogP contribution in [0.1, 0.15) is 44.1 Å². The summed E-state index contributed by atoms with van der Waals surface area (Å²) < 4.78 is 46.9. The summed E-state index contributed by atoms with van der Waals surface area (Å²) in [7, 11) is 0. The smallest absolute Gasteiger partial charge is 0.392 e. The van der Waals surface area contributed by atoms with Crippen LogP contribution in [-0.4, -0.2) is 44.4 Å². The number of hydrogen-bond donors (Lipinski definition) is 1. The van der Waals surface area contributed by atoms with Crippen molar-refractivity contribution in [1.29, 1.82) is 0 Å². The molecule has 0 aromatic carbocycles. The van der Waals surface area contributed by atoms with Gasteiger partial charge in [0.25, 0.3) is 11.8 Å². The second-order valence-corrected chi connectivity index (χ2v) is 7.33. The molecule has 4 rings (SSSR count). The molecular weight excluding hydrogens is 443 g/mol. The van der Waals surface area contributed by atoms with Gasteiger partial charge in [0, 0.05) is 17.3 Å². The molecule has 0 atom stereocenters. The van der Waals surface area contributed by atoms with Crippen LogP contribution < -0.4 is 10.1 Å². The number of fused-ring (bicyclic) bond motifs is 1. The van der Waals surface area contributed by atoms with Crippen molar-refractivity contribution in [1.82, 2.24) is 19.9 Å². The second kappa shape index (κ2) is 8.88. The number of rotatable bonds is 7. The number of nitrogens with zero attached hydrogens (tertiary/aromatic N) is 4. The number of pyridine rings is 2. The summed E-state index contributed by atoms with van der Waals surface area (Å²) >= 11 is 0. The van der Waals surface area contributed by atoms with Gasteiger partial charge in [-0.25, -0.2) is 9.97 Å². The number of alkyl halides is 3. The molecule has 33 heavy (non-hydrogen) atoms. The lowest BCUT2D eigenvalue weighted by Gasteiger charge is -2.16. The molecule has 3 aromatic heterocycles. The highest BCUT2D eigenvalue weighted by Crippen LogP contribution is 2.29. The highest BCUT2D eigenvalue weighted by molar-refractivity contribution is 6.05. The minimum Gasteiger partial charge on any atom is -0.491 e. The SMILES string of the molecule is Cc1cc(CN2Cc3c(ccnc3NC(=O)c3cocn3)C2=O)ncc1OCCC(F)(F)F. The van der Waals surface area contributed by atoms with Gasteiger partial charge in [0.1, 0.15) is 17.8 Å². The predicted molar refractivity (Wildman–Crippen MR) is 107 cm³/mol. The first-order chi connectivity index (χ1) is 15.7. The molecule has 0 spiro atoms. The van der Waals surface area contributed by atoms with E-state index >= 15 is 0 Å². The van der Waals surface area contributed by atoms with E-state index in [4.69, 9.17) is 9.15 Å². The van der Waals surface area contributed by atoms with Gasteiger partial charge in [0.2, 0.25) is 0 Å². The Hall–Kier alpha value is -3.96. The van der Waals surface area contributed by atoms with Crippen LogP contribution in [0.4, 0.5) is 19.0 Å². The molecule has 4 heterocycles. The monoisotopic (exact) mass is 461 g/mol. The first-order valence-corrected chi connectivity index (χ1v) is 9.83. The quantitative estimate of drug-likeness (QED) is 0.573. The van der Waals surface area contributed by atoms with E-state index in [1.165, 1.54) is 23.6 Å². The zero-order valence-electron chi connectivity index (χ0n) is 17.3. The molecule has 0 saturated carbocycles. The molecular formula is C21H18F3N5O4. The van der Waals surface area contributed by atoms with Gasteiger partial charge in [-0.15, -0.1) is 0 Å². The Bertz CT molecular complexity index is 1180. The molecule has 3 aromatic rings. The number of aromatic nitrogens is 3. The molecule has 0 unspecified atom stereocenters. The van der Waals surface area contributed by atoms with Crippen molar-refractivity contribution < 1.29 is 31.9 Å². The van der Waals surface area contributed by atoms with E-state index in [2.05, 4.69) is 20.3 Å². The molecule has 1 N–H and O–H groups in total. The lowest BCUT2D eigenvalue weighted by Crippen LogP contribution is -2.24. The fourth-order valence-corrected chi connectivity index (χ4v) is 3.33. The summed E-state index contributed by atoms with van der Waals surface area (Å²) in [6, 6.07) is 3.23. The van der Waals surface area contributed by atoms with Crippen LogP contribution in [0, 0.1) is 6.92 Å². The maximum absolute atomic E-state index is 12.9. The first kappa shape index (κ1) is 22.2. The Balaban J connectivity index is 1.43. The second-order valence-electron chi connectivity index (χ2n) is 7.33. The van der Waals surface area contributed by atoms with Crippen LogP contribution in [-0.2, 0) is 13.1 Å². The molecule has 9 nitrogen and oxygen atoms in total. The highest BCUT2D eigenvalue weighted by Gasteiger charge is 2.31. The largest absolute Gasteiger partial charge is 0.491 e. The zero-order valence-corrected chi connectivity index (χ0v) is 17.3. The number of anilines is 1. The fraction of sp³-hybridized carbons (Fsp3) is 0.286. The van der Waals surface area contributed by atoms with Crippen molar-refractivity contribution in [2.24, 2.45) is 0 Å². The van der Waals surface area contributed by atoms with Crippen LogP contribution >= 0.6 is 0 Å². The minimum atomic E-state index is -4.30. The van der Waals surface area contributed by atoms with Gasteiger partial charge < -0.3 is 19.4 Å². The van der Waals surface area contributed by atoms with E-state index in [0.717, 1.165) is 6.39 Å². The van der Waals surface area contributed by atoms with Crippen molar-refractivity contribution in [3.8, 4) is 5.75 Å². The van der Waals surface area contributed by atoms with E-state index in [9.17, 15) is 22.8 Å². The zero-order chi connectivity index (χ0) is 23.6. The standard InChI is InChI=1S/C21H18F3N5O4/c1-12-6-13(26-7-17(12)33-5-3-21(22,23)24)8-29-9-15-14(20(29)31)2-4-25-18(15)28-19(30)16-10-32-11-27-16/h2,4,6-7,10-11H,3,5,8-9H2,1H3,(H,25,28,30). The van der Waals surface area contributed by atoms with Crippen molar-refractivity contribution in [3.63, 3.8) is 0 Å². The van der Waals surface area contributed by atoms with E-state index in [0.29, 0.717) is 22.4 Å². The van der Waals surface area contributed by atoms with Gasteiger partial charge >= 0.3 is 6.18 Å². The molecule has 0 radical (unpaired) electrons. The molecule has 0 fully saturated rings. The summed E-state index contributed by atoms with van der Waals surface area (Å²) in [6.45, 7) is 1.55. The predicted octanol–water partition coefficient (Wildman–Crippen LogP) is 3.51. The number of halogens is 3. The van der Waals surface area contributed by atoms with Crippen LogP contribution in [0.25, 0.3) is 0 Å². The maximum Gasteiger partial charge on any atom is 0.392 e. The summed E-state index contributed by atoms with van der Waals surface area (Å²) in [5.74, 6) is -0.279. The number of nitrogens with one attached hydrogen (secondary N) is 1. The van der Waals surface area contributed by atoms with E-state index < -0.39 is 25.1 Å². The Morgan fingerprint density at radius 2 is 2.12 bits per heavy atom. The lowest BCUT2D eigenvalue weighted by molar-refractivity contribution is -0.139. The Morgan fingerprint density at radius 1 is 1.30 bits per heavy atom. The summed E-state index contributed by atoms with van der Waals surface area (Å²) in [5.41, 5.74) is 2.19. The topological polar surface area (TPSA) is 110 Å². The van der Waals surface area contributed by atoms with E-state index in [1.54, 1.807) is 19.1 Å². The van der Waals surface area contributed by atoms with Crippen molar-refractivity contribution in [3.05, 3.63) is 65.3 Å². The van der Waals surface area contributed by atoms with E-state index in [1.807, 2.05) is 0 Å². The number of ether oxygens (including phenoxy) is 1. The average Bonchev–Trinajstić information content (AvgIpc) is 3.39. The van der Waals surface area contributed by atoms with Gasteiger partial charge in [-0.2, -0.15) is 13.2 Å². The van der Waals surface area contributed by atoms with Crippen LogP contribution in [0.3, 0.4) is 0 Å². The Morgan fingerprint density at radius 3 is 2.82 bits per heavy atom. The van der Waals surface area contributed by atoms with Gasteiger partial charge in [0.15, 0.2) is 12.1 Å². The number of carbonyl (C=O) groups excluding carboxylic acids is 2. The number of oxazole rings is 1. The van der Waals surface area contributed by atoms with Gasteiger partial charge in [0.05, 0.1) is 38.0 Å². The third kappa shape index (κ3) is 5.10. The number of carbonyl (C=O) groups is 2. The molecule has 1 aliphatic rings. The molecule has 1 aliphatic heterocycles. The summed E-state index contributed by atoms with van der Waals surface area (Å²) in [5, 5.41) is 2.63. The van der Waals surface area contributed by atoms with Gasteiger partial charge in [-0.1, -0.05) is 0 Å². The number of aryl methyl sites for hydroxylation is 1. The minimum absolute atomic E-state index is 0.0767. The number of hydrogen-bond acceptors (Lipinski definition) is 7. The molecule has 12 heteroatoms. The van der Waals surface area contributed by atoms with E-state index in [-0.39, 0.29) is 36.3 Å². The fourth-order valence-electron chi connectivity index (χ4n) is 3.33. The first-order valence-electron chi connectivity index (χ1n) is 9.83. The van der Waals surface area contributed by atoms with Crippen molar-refractivity contribution >= 4 is 17.6 Å². The third-order valence-electron chi connectivity index (χ3n) is 4.93. The third-order valence-corrected chi connectivity index (χ3v) is 4.93. The molecule has 172 valence electrons. The maximum atomic E-state index is 12.9. The Labute approximate surface area is 185 Å². The molecule has 0 aliphatic carbocycles. The molecule has 2 amide bonds. The Kier molecular flexibility index (Phi) is 5.99. The van der Waals surface area contributed by atoms with Crippen molar-refractivity contribution in [2.45, 2.75) is 32.6 Å². The molecule has 0 bridgehead atoms. The normalized spacial score (nSPS) is 13.2. The summed E-state index contributed by atoms with van der Waals surface area (Å²) in [6.07, 6.45) is -0.258. The van der Waals surface area contributed by atoms with Gasteiger partial charge in [-0.05, 0) is 24.6 Å². The number of amides is 2.